The number of ether oxygens (including phenoxy) is 1. The molecule has 1 atom stereocenters. The largest absolute Gasteiger partial charge is 0.510 e. The average molecular weight is 566 g/mol. The molecule has 0 spiro atoms. The van der Waals surface area contributed by atoms with E-state index < -0.39 is 17.8 Å². The van der Waals surface area contributed by atoms with Crippen molar-refractivity contribution in [2.45, 2.75) is 52.2 Å². The fourth-order valence-electron chi connectivity index (χ4n) is 5.95. The van der Waals surface area contributed by atoms with Gasteiger partial charge in [-0.2, -0.15) is 0 Å². The first kappa shape index (κ1) is 27.4. The molecule has 7 nitrogen and oxygen atoms in total. The number of carbonyl (C=O) groups is 2. The Bertz CT molecular complexity index is 1640. The summed E-state index contributed by atoms with van der Waals surface area (Å²) in [7, 11) is 0. The molecular weight excluding hydrogens is 533 g/mol. The van der Waals surface area contributed by atoms with Gasteiger partial charge in [-0.15, -0.1) is 0 Å². The van der Waals surface area contributed by atoms with Crippen LogP contribution >= 0.6 is 0 Å². The molecule has 0 fully saturated rings. The number of fused-ring (bicyclic) bond motifs is 1. The number of Topliss-reactive ketones (excluding diaryl/α,β-unsaturated/α-hetero) is 1. The molecule has 1 aliphatic heterocycles. The first-order valence-corrected chi connectivity index (χ1v) is 14.1. The van der Waals surface area contributed by atoms with Crippen LogP contribution in [0.4, 0.5) is 4.39 Å². The third-order valence-corrected chi connectivity index (χ3v) is 7.87. The number of aliphatic hydroxyl groups excluding tert-OH is 1. The molecule has 0 bridgehead atoms. The third kappa shape index (κ3) is 5.20. The van der Waals surface area contributed by atoms with Crippen molar-refractivity contribution in [1.82, 2.24) is 15.2 Å². The van der Waals surface area contributed by atoms with Gasteiger partial charge in [0, 0.05) is 41.9 Å². The topological polar surface area (TPSA) is 91.8 Å². The van der Waals surface area contributed by atoms with Gasteiger partial charge >= 0.3 is 0 Å². The molecule has 2 N–H and O–H groups in total. The molecule has 42 heavy (non-hydrogen) atoms. The molecule has 1 unspecified atom stereocenters. The van der Waals surface area contributed by atoms with Crippen LogP contribution in [-0.2, 0) is 11.4 Å². The van der Waals surface area contributed by atoms with Crippen LogP contribution in [0, 0.1) is 11.2 Å². The predicted octanol–water partition coefficient (Wildman–Crippen LogP) is 6.68. The number of ketones is 1. The van der Waals surface area contributed by atoms with Crippen molar-refractivity contribution in [1.29, 1.82) is 0 Å². The second kappa shape index (κ2) is 10.9. The first-order chi connectivity index (χ1) is 20.2. The lowest BCUT2D eigenvalue weighted by molar-refractivity contribution is -0.118. The zero-order chi connectivity index (χ0) is 29.4. The maximum Gasteiger partial charge on any atom is 0.277 e. The zero-order valence-electron chi connectivity index (χ0n) is 23.6. The van der Waals surface area contributed by atoms with Crippen molar-refractivity contribution in [3.8, 4) is 5.75 Å². The van der Waals surface area contributed by atoms with Crippen LogP contribution in [0.2, 0.25) is 0 Å². The maximum atomic E-state index is 16.2. The molecule has 8 heteroatoms. The lowest BCUT2D eigenvalue weighted by Crippen LogP contribution is -2.39. The highest BCUT2D eigenvalue weighted by Gasteiger charge is 2.46. The van der Waals surface area contributed by atoms with Crippen LogP contribution in [0.5, 0.6) is 5.75 Å². The van der Waals surface area contributed by atoms with Crippen LogP contribution in [0.25, 0.3) is 0 Å². The molecule has 6 rings (SSSR count). The first-order valence-electron chi connectivity index (χ1n) is 14.1. The number of rotatable bonds is 5. The SMILES string of the molecule is CC1(C)CC(=O)C2=C(C1)NC1=C(O)CCC=C1N(C(=O)c1ccccn1)C2c1ccc(OCc2ccccc2)cc1F. The van der Waals surface area contributed by atoms with E-state index in [0.717, 1.165) is 5.56 Å². The number of hydrogen-bond donors (Lipinski definition) is 2. The van der Waals surface area contributed by atoms with E-state index in [9.17, 15) is 14.7 Å². The number of hydrogen-bond acceptors (Lipinski definition) is 6. The lowest BCUT2D eigenvalue weighted by atomic mass is 9.73. The number of aromatic nitrogens is 1. The smallest absolute Gasteiger partial charge is 0.277 e. The summed E-state index contributed by atoms with van der Waals surface area (Å²) in [5.41, 5.74) is 2.51. The molecule has 0 saturated carbocycles. The Morgan fingerprint density at radius 2 is 1.90 bits per heavy atom. The second-order valence-corrected chi connectivity index (χ2v) is 11.7. The van der Waals surface area contributed by atoms with Crippen LogP contribution in [0.3, 0.4) is 0 Å². The summed E-state index contributed by atoms with van der Waals surface area (Å²) in [4.78, 5) is 33.9. The van der Waals surface area contributed by atoms with Gasteiger partial charge < -0.3 is 15.2 Å². The molecule has 1 amide bonds. The number of amides is 1. The molecule has 2 aliphatic carbocycles. The van der Waals surface area contributed by atoms with E-state index in [0.29, 0.717) is 47.7 Å². The standard InChI is InChI=1S/C34H32FN3O4/c1-34(2)18-26-30(29(40)19-34)32(23-15-14-22(17-24(23)35)42-20-21-9-4-3-5-10-21)38(33(41)25-11-6-7-16-36-25)27-12-8-13-28(39)31(27)37-26/h3-7,9-12,14-17,32,37,39H,8,13,18-20H2,1-2H3. The van der Waals surface area contributed by atoms with Crippen LogP contribution < -0.4 is 10.1 Å². The van der Waals surface area contributed by atoms with Gasteiger partial charge in [0.15, 0.2) is 5.78 Å². The number of pyridine rings is 1. The van der Waals surface area contributed by atoms with E-state index in [2.05, 4.69) is 10.3 Å². The fourth-order valence-corrected chi connectivity index (χ4v) is 5.95. The van der Waals surface area contributed by atoms with E-state index in [4.69, 9.17) is 4.74 Å². The number of benzene rings is 2. The molecule has 214 valence electrons. The quantitative estimate of drug-likeness (QED) is 0.359. The van der Waals surface area contributed by atoms with E-state index in [-0.39, 0.29) is 41.2 Å². The van der Waals surface area contributed by atoms with Crippen molar-refractivity contribution >= 4 is 11.7 Å². The Morgan fingerprint density at radius 3 is 2.64 bits per heavy atom. The number of halogens is 1. The molecule has 0 saturated heterocycles. The number of aliphatic hydroxyl groups is 1. The summed E-state index contributed by atoms with van der Waals surface area (Å²) >= 11 is 0. The summed E-state index contributed by atoms with van der Waals surface area (Å²) < 4.78 is 22.1. The highest BCUT2D eigenvalue weighted by Crippen LogP contribution is 2.48. The Labute approximate surface area is 244 Å². The molecule has 3 aromatic rings. The second-order valence-electron chi connectivity index (χ2n) is 11.7. The Kier molecular flexibility index (Phi) is 7.14. The van der Waals surface area contributed by atoms with E-state index >= 15 is 4.39 Å². The molecule has 2 aromatic carbocycles. The number of nitrogens with one attached hydrogen (secondary N) is 1. The lowest BCUT2D eigenvalue weighted by Gasteiger charge is -2.37. The summed E-state index contributed by atoms with van der Waals surface area (Å²) in [6.07, 6.45) is 4.94. The minimum Gasteiger partial charge on any atom is -0.510 e. The molecular formula is C34H32FN3O4. The van der Waals surface area contributed by atoms with Gasteiger partial charge in [0.05, 0.1) is 11.7 Å². The van der Waals surface area contributed by atoms with Gasteiger partial charge in [-0.3, -0.25) is 19.5 Å². The average Bonchev–Trinajstić information content (AvgIpc) is 3.11. The Hall–Kier alpha value is -4.72. The van der Waals surface area contributed by atoms with Gasteiger partial charge in [0.1, 0.15) is 35.3 Å². The fraction of sp³-hybridized carbons (Fsp3) is 0.265. The summed E-state index contributed by atoms with van der Waals surface area (Å²) in [5.74, 6) is -0.881. The number of carbonyl (C=O) groups excluding carboxylic acids is 2. The molecule has 3 aliphatic rings. The normalized spacial score (nSPS) is 19.8. The van der Waals surface area contributed by atoms with E-state index in [1.165, 1.54) is 17.2 Å². The van der Waals surface area contributed by atoms with Crippen molar-refractivity contribution in [2.24, 2.45) is 5.41 Å². The van der Waals surface area contributed by atoms with Crippen molar-refractivity contribution in [2.75, 3.05) is 0 Å². The van der Waals surface area contributed by atoms with Crippen molar-refractivity contribution in [3.63, 3.8) is 0 Å². The van der Waals surface area contributed by atoms with Gasteiger partial charge in [-0.25, -0.2) is 4.39 Å². The van der Waals surface area contributed by atoms with Crippen LogP contribution in [0.15, 0.2) is 107 Å². The highest BCUT2D eigenvalue weighted by atomic mass is 19.1. The molecule has 1 aromatic heterocycles. The summed E-state index contributed by atoms with van der Waals surface area (Å²) in [6.45, 7) is 4.26. The minimum absolute atomic E-state index is 0.0831. The monoisotopic (exact) mass is 565 g/mol. The predicted molar refractivity (Wildman–Crippen MR) is 155 cm³/mol. The summed E-state index contributed by atoms with van der Waals surface area (Å²) in [6, 6.07) is 18.0. The van der Waals surface area contributed by atoms with Crippen LogP contribution in [-0.4, -0.2) is 26.7 Å². The van der Waals surface area contributed by atoms with Gasteiger partial charge in [0.25, 0.3) is 5.91 Å². The number of allylic oxidation sites excluding steroid dienone is 3. The van der Waals surface area contributed by atoms with Gasteiger partial charge in [-0.05, 0) is 48.1 Å². The molecule has 2 heterocycles. The Balaban J connectivity index is 1.51. The Morgan fingerprint density at radius 1 is 1.12 bits per heavy atom. The van der Waals surface area contributed by atoms with Crippen molar-refractivity contribution < 1.29 is 23.8 Å². The van der Waals surface area contributed by atoms with Gasteiger partial charge in [-0.1, -0.05) is 56.3 Å². The van der Waals surface area contributed by atoms with Crippen LogP contribution in [0.1, 0.15) is 67.2 Å². The third-order valence-electron chi connectivity index (χ3n) is 7.87. The van der Waals surface area contributed by atoms with Crippen molar-refractivity contribution in [3.05, 3.63) is 130 Å². The van der Waals surface area contributed by atoms with E-state index in [1.807, 2.05) is 50.3 Å². The van der Waals surface area contributed by atoms with Gasteiger partial charge in [0.2, 0.25) is 0 Å². The minimum atomic E-state index is -1.09. The molecule has 0 radical (unpaired) electrons. The zero-order valence-corrected chi connectivity index (χ0v) is 23.6. The highest BCUT2D eigenvalue weighted by molar-refractivity contribution is 6.02. The maximum absolute atomic E-state index is 16.2. The number of nitrogens with zero attached hydrogens (tertiary/aromatic N) is 2. The van der Waals surface area contributed by atoms with E-state index in [1.54, 1.807) is 30.3 Å². The summed E-state index contributed by atoms with van der Waals surface area (Å²) in [5, 5.41) is 14.3.